The number of carbonyl (C=O) groups is 1. The number of benzene rings is 1. The molecule has 0 bridgehead atoms. The minimum absolute atomic E-state index is 0.00789. The molecule has 1 aromatic rings. The lowest BCUT2D eigenvalue weighted by Crippen LogP contribution is -2.42. The number of halogens is 3. The molecule has 1 rings (SSSR count). The molecule has 0 aliphatic heterocycles. The third-order valence-electron chi connectivity index (χ3n) is 2.73. The maximum absolute atomic E-state index is 11.8. The molecule has 1 amide bonds. The second kappa shape index (κ2) is 8.63. The first-order chi connectivity index (χ1) is 9.88. The second-order valence-corrected chi connectivity index (χ2v) is 4.59. The van der Waals surface area contributed by atoms with Gasteiger partial charge in [-0.05, 0) is 18.4 Å². The molecule has 0 spiro atoms. The van der Waals surface area contributed by atoms with Crippen molar-refractivity contribution in [3.05, 3.63) is 35.9 Å². The summed E-state index contributed by atoms with van der Waals surface area (Å²) in [7, 11) is 0. The Labute approximate surface area is 121 Å². The predicted octanol–water partition coefficient (Wildman–Crippen LogP) is 1.64. The standard InChI is InChI=1S/C14H19F3N2O2/c15-14(16,17)10-21-9-8-19-13(20)12(18)7-6-11-4-2-1-3-5-11/h1-5,12H,6-10,18H2,(H,19,20). The summed E-state index contributed by atoms with van der Waals surface area (Å²) in [6, 6.07) is 8.90. The quantitative estimate of drug-likeness (QED) is 0.718. The maximum Gasteiger partial charge on any atom is 0.411 e. The lowest BCUT2D eigenvalue weighted by molar-refractivity contribution is -0.173. The average molecular weight is 304 g/mol. The Balaban J connectivity index is 2.14. The highest BCUT2D eigenvalue weighted by molar-refractivity contribution is 5.81. The Morgan fingerprint density at radius 3 is 2.57 bits per heavy atom. The number of amides is 1. The van der Waals surface area contributed by atoms with E-state index in [9.17, 15) is 18.0 Å². The van der Waals surface area contributed by atoms with Crippen LogP contribution in [0.1, 0.15) is 12.0 Å². The van der Waals surface area contributed by atoms with Crippen molar-refractivity contribution < 1.29 is 22.7 Å². The minimum Gasteiger partial charge on any atom is -0.370 e. The zero-order valence-electron chi connectivity index (χ0n) is 11.5. The first-order valence-corrected chi connectivity index (χ1v) is 6.60. The first kappa shape index (κ1) is 17.5. The van der Waals surface area contributed by atoms with E-state index in [2.05, 4.69) is 10.1 Å². The summed E-state index contributed by atoms with van der Waals surface area (Å²) >= 11 is 0. The normalized spacial score (nSPS) is 13.0. The van der Waals surface area contributed by atoms with Gasteiger partial charge in [-0.2, -0.15) is 13.2 Å². The summed E-state index contributed by atoms with van der Waals surface area (Å²) in [5.41, 5.74) is 6.79. The maximum atomic E-state index is 11.8. The van der Waals surface area contributed by atoms with E-state index in [0.717, 1.165) is 5.56 Å². The monoisotopic (exact) mass is 304 g/mol. The van der Waals surface area contributed by atoms with Gasteiger partial charge < -0.3 is 15.8 Å². The van der Waals surface area contributed by atoms with E-state index in [0.29, 0.717) is 12.8 Å². The molecule has 1 aromatic carbocycles. The van der Waals surface area contributed by atoms with Gasteiger partial charge in [-0.1, -0.05) is 30.3 Å². The molecule has 0 aliphatic rings. The fraction of sp³-hybridized carbons (Fsp3) is 0.500. The van der Waals surface area contributed by atoms with E-state index in [-0.39, 0.29) is 19.1 Å². The van der Waals surface area contributed by atoms with Crippen LogP contribution in [0.25, 0.3) is 0 Å². The van der Waals surface area contributed by atoms with Crippen LogP contribution in [0.3, 0.4) is 0 Å². The van der Waals surface area contributed by atoms with E-state index in [4.69, 9.17) is 5.73 Å². The number of ether oxygens (including phenoxy) is 1. The summed E-state index contributed by atoms with van der Waals surface area (Å²) in [6.45, 7) is -1.51. The van der Waals surface area contributed by atoms with Crippen molar-refractivity contribution >= 4 is 5.91 Å². The highest BCUT2D eigenvalue weighted by Crippen LogP contribution is 2.13. The number of alkyl halides is 3. The van der Waals surface area contributed by atoms with E-state index < -0.39 is 18.8 Å². The van der Waals surface area contributed by atoms with Crippen LogP contribution in [-0.4, -0.2) is 37.9 Å². The van der Waals surface area contributed by atoms with Crippen LogP contribution in [0.15, 0.2) is 30.3 Å². The molecule has 0 aliphatic carbocycles. The highest BCUT2D eigenvalue weighted by Gasteiger charge is 2.27. The van der Waals surface area contributed by atoms with Crippen molar-refractivity contribution in [3.8, 4) is 0 Å². The van der Waals surface area contributed by atoms with Crippen molar-refractivity contribution in [2.75, 3.05) is 19.8 Å². The van der Waals surface area contributed by atoms with Crippen LogP contribution in [0, 0.1) is 0 Å². The lowest BCUT2D eigenvalue weighted by Gasteiger charge is -2.13. The topological polar surface area (TPSA) is 64.4 Å². The van der Waals surface area contributed by atoms with E-state index in [1.807, 2.05) is 30.3 Å². The number of nitrogens with one attached hydrogen (secondary N) is 1. The van der Waals surface area contributed by atoms with Crippen molar-refractivity contribution in [3.63, 3.8) is 0 Å². The number of carbonyl (C=O) groups excluding carboxylic acids is 1. The number of hydrogen-bond donors (Lipinski definition) is 2. The van der Waals surface area contributed by atoms with Gasteiger partial charge in [0.25, 0.3) is 0 Å². The molecule has 0 fully saturated rings. The van der Waals surface area contributed by atoms with Gasteiger partial charge in [0.1, 0.15) is 6.61 Å². The minimum atomic E-state index is -4.35. The Kier molecular flexibility index (Phi) is 7.18. The zero-order valence-corrected chi connectivity index (χ0v) is 11.5. The number of rotatable bonds is 8. The molecule has 0 saturated heterocycles. The molecule has 4 nitrogen and oxygen atoms in total. The van der Waals surface area contributed by atoms with Gasteiger partial charge in [0.05, 0.1) is 12.6 Å². The number of aryl methyl sites for hydroxylation is 1. The third kappa shape index (κ3) is 8.31. The summed E-state index contributed by atoms with van der Waals surface area (Å²) in [4.78, 5) is 11.6. The fourth-order valence-electron chi connectivity index (χ4n) is 1.66. The second-order valence-electron chi connectivity index (χ2n) is 4.59. The van der Waals surface area contributed by atoms with Gasteiger partial charge in [-0.25, -0.2) is 0 Å². The molecule has 3 N–H and O–H groups in total. The van der Waals surface area contributed by atoms with Crippen molar-refractivity contribution in [1.29, 1.82) is 0 Å². The van der Waals surface area contributed by atoms with Gasteiger partial charge in [0.15, 0.2) is 0 Å². The Morgan fingerprint density at radius 1 is 1.29 bits per heavy atom. The molecule has 118 valence electrons. The van der Waals surface area contributed by atoms with E-state index >= 15 is 0 Å². The Hall–Kier alpha value is -1.60. The first-order valence-electron chi connectivity index (χ1n) is 6.60. The molecule has 1 unspecified atom stereocenters. The van der Waals surface area contributed by atoms with Crippen LogP contribution in [0.2, 0.25) is 0 Å². The summed E-state index contributed by atoms with van der Waals surface area (Å²) in [6.07, 6.45) is -3.21. The van der Waals surface area contributed by atoms with Crippen LogP contribution < -0.4 is 11.1 Å². The molecule has 0 heterocycles. The molecular weight excluding hydrogens is 285 g/mol. The highest BCUT2D eigenvalue weighted by atomic mass is 19.4. The lowest BCUT2D eigenvalue weighted by atomic mass is 10.1. The van der Waals surface area contributed by atoms with Gasteiger partial charge in [0, 0.05) is 6.54 Å². The fourth-order valence-corrected chi connectivity index (χ4v) is 1.66. The van der Waals surface area contributed by atoms with Crippen LogP contribution in [-0.2, 0) is 16.0 Å². The van der Waals surface area contributed by atoms with Crippen LogP contribution >= 0.6 is 0 Å². The summed E-state index contributed by atoms with van der Waals surface area (Å²) in [5, 5.41) is 2.45. The van der Waals surface area contributed by atoms with Crippen molar-refractivity contribution in [2.45, 2.75) is 25.1 Å². The molecule has 0 radical (unpaired) electrons. The zero-order chi connectivity index (χ0) is 15.7. The smallest absolute Gasteiger partial charge is 0.370 e. The van der Waals surface area contributed by atoms with Gasteiger partial charge in [-0.15, -0.1) is 0 Å². The van der Waals surface area contributed by atoms with Gasteiger partial charge in [-0.3, -0.25) is 4.79 Å². The van der Waals surface area contributed by atoms with Gasteiger partial charge >= 0.3 is 6.18 Å². The molecule has 0 saturated carbocycles. The average Bonchev–Trinajstić information content (AvgIpc) is 2.44. The predicted molar refractivity (Wildman–Crippen MR) is 72.6 cm³/mol. The number of nitrogens with two attached hydrogens (primary N) is 1. The molecule has 7 heteroatoms. The molecular formula is C14H19F3N2O2. The van der Waals surface area contributed by atoms with Crippen molar-refractivity contribution in [1.82, 2.24) is 5.32 Å². The molecule has 21 heavy (non-hydrogen) atoms. The molecule has 1 atom stereocenters. The third-order valence-corrected chi connectivity index (χ3v) is 2.73. The SMILES string of the molecule is NC(CCc1ccccc1)C(=O)NCCOCC(F)(F)F. The van der Waals surface area contributed by atoms with Gasteiger partial charge in [0.2, 0.25) is 5.91 Å². The Morgan fingerprint density at radius 2 is 1.95 bits per heavy atom. The van der Waals surface area contributed by atoms with Crippen molar-refractivity contribution in [2.24, 2.45) is 5.73 Å². The summed E-state index contributed by atoms with van der Waals surface area (Å²) < 4.78 is 39.8. The number of hydrogen-bond acceptors (Lipinski definition) is 3. The Bertz CT molecular complexity index is 424. The van der Waals surface area contributed by atoms with E-state index in [1.165, 1.54) is 0 Å². The summed E-state index contributed by atoms with van der Waals surface area (Å²) in [5.74, 6) is -0.387. The van der Waals surface area contributed by atoms with Crippen LogP contribution in [0.5, 0.6) is 0 Å². The largest absolute Gasteiger partial charge is 0.411 e. The molecule has 0 aromatic heterocycles. The van der Waals surface area contributed by atoms with E-state index in [1.54, 1.807) is 0 Å². The van der Waals surface area contributed by atoms with Crippen LogP contribution in [0.4, 0.5) is 13.2 Å².